The molecule has 0 radical (unpaired) electrons. The Balaban J connectivity index is 1.72. The van der Waals surface area contributed by atoms with E-state index in [2.05, 4.69) is 11.8 Å². The molecule has 0 unspecified atom stereocenters. The maximum Gasteiger partial charge on any atom is 0.255 e. The first-order valence-corrected chi connectivity index (χ1v) is 10.1. The molecule has 0 bridgehead atoms. The van der Waals surface area contributed by atoms with Crippen molar-refractivity contribution >= 4 is 46.6 Å². The highest BCUT2D eigenvalue weighted by molar-refractivity contribution is 7.98. The van der Waals surface area contributed by atoms with E-state index in [4.69, 9.17) is 23.2 Å². The number of thioether (sulfide) groups is 1. The monoisotopic (exact) mass is 394 g/mol. The summed E-state index contributed by atoms with van der Waals surface area (Å²) in [6, 6.07) is 11.5. The first-order valence-electron chi connectivity index (χ1n) is 8.13. The summed E-state index contributed by atoms with van der Waals surface area (Å²) >= 11 is 14.0. The quantitative estimate of drug-likeness (QED) is 0.685. The van der Waals surface area contributed by atoms with Crippen LogP contribution in [-0.4, -0.2) is 43.2 Å². The van der Waals surface area contributed by atoms with Crippen molar-refractivity contribution in [1.82, 2.24) is 4.90 Å². The van der Waals surface area contributed by atoms with Crippen LogP contribution in [0.15, 0.2) is 41.3 Å². The zero-order chi connectivity index (χ0) is 18.0. The number of benzene rings is 2. The highest BCUT2D eigenvalue weighted by Crippen LogP contribution is 2.27. The van der Waals surface area contributed by atoms with Crippen molar-refractivity contribution in [3.8, 4) is 0 Å². The van der Waals surface area contributed by atoms with Crippen molar-refractivity contribution in [1.29, 1.82) is 0 Å². The second-order valence-electron chi connectivity index (χ2n) is 6.06. The Labute approximate surface area is 162 Å². The van der Waals surface area contributed by atoms with Crippen LogP contribution in [0.3, 0.4) is 0 Å². The molecule has 0 spiro atoms. The average molecular weight is 395 g/mol. The molecular formula is C19H20Cl2N2OS. The van der Waals surface area contributed by atoms with E-state index in [1.165, 1.54) is 5.56 Å². The molecule has 0 aromatic heterocycles. The van der Waals surface area contributed by atoms with Gasteiger partial charge in [0.15, 0.2) is 0 Å². The molecule has 1 aliphatic rings. The maximum absolute atomic E-state index is 12.8. The number of carbonyl (C=O) groups excluding carboxylic acids is 1. The van der Waals surface area contributed by atoms with Crippen molar-refractivity contribution in [3.05, 3.63) is 57.6 Å². The Kier molecular flexibility index (Phi) is 5.82. The molecule has 0 atom stereocenters. The van der Waals surface area contributed by atoms with Gasteiger partial charge >= 0.3 is 0 Å². The van der Waals surface area contributed by atoms with Crippen molar-refractivity contribution in [2.75, 3.05) is 37.3 Å². The fraction of sp³-hybridized carbons (Fsp3) is 0.316. The Bertz CT molecular complexity index is 789. The van der Waals surface area contributed by atoms with Gasteiger partial charge in [0.2, 0.25) is 0 Å². The van der Waals surface area contributed by atoms with Crippen LogP contribution >= 0.6 is 35.0 Å². The van der Waals surface area contributed by atoms with Crippen LogP contribution in [0.4, 0.5) is 5.69 Å². The third kappa shape index (κ3) is 4.08. The lowest BCUT2D eigenvalue weighted by Crippen LogP contribution is -2.49. The molecular weight excluding hydrogens is 375 g/mol. The minimum Gasteiger partial charge on any atom is -0.368 e. The van der Waals surface area contributed by atoms with Gasteiger partial charge in [0.05, 0.1) is 10.6 Å². The summed E-state index contributed by atoms with van der Waals surface area (Å²) < 4.78 is 0. The van der Waals surface area contributed by atoms with Gasteiger partial charge in [0, 0.05) is 41.8 Å². The van der Waals surface area contributed by atoms with Gasteiger partial charge in [-0.25, -0.2) is 0 Å². The number of carbonyl (C=O) groups is 1. The smallest absolute Gasteiger partial charge is 0.255 e. The highest BCUT2D eigenvalue weighted by Gasteiger charge is 2.24. The van der Waals surface area contributed by atoms with Crippen LogP contribution in [0, 0.1) is 6.92 Å². The number of amides is 1. The SMILES string of the molecule is CSc1ccc(Cl)c(C(=O)N2CCN(c3cc(Cl)ccc3C)CC2)c1. The lowest BCUT2D eigenvalue weighted by molar-refractivity contribution is 0.0746. The van der Waals surface area contributed by atoms with Crippen LogP contribution in [0.2, 0.25) is 10.0 Å². The summed E-state index contributed by atoms with van der Waals surface area (Å²) in [6.45, 7) is 4.99. The van der Waals surface area contributed by atoms with Crippen molar-refractivity contribution in [2.45, 2.75) is 11.8 Å². The predicted octanol–water partition coefficient (Wildman–Crippen LogP) is 4.99. The van der Waals surface area contributed by atoms with E-state index < -0.39 is 0 Å². The van der Waals surface area contributed by atoms with Crippen LogP contribution < -0.4 is 4.90 Å². The van der Waals surface area contributed by atoms with E-state index in [1.54, 1.807) is 17.8 Å². The van der Waals surface area contributed by atoms with Gasteiger partial charge in [-0.2, -0.15) is 0 Å². The van der Waals surface area contributed by atoms with E-state index in [0.29, 0.717) is 23.7 Å². The zero-order valence-corrected chi connectivity index (χ0v) is 16.6. The Hall–Kier alpha value is -1.36. The molecule has 1 amide bonds. The molecule has 1 aliphatic heterocycles. The van der Waals surface area contributed by atoms with Crippen LogP contribution in [0.5, 0.6) is 0 Å². The molecule has 6 heteroatoms. The molecule has 2 aromatic carbocycles. The van der Waals surface area contributed by atoms with Gasteiger partial charge in [-0.3, -0.25) is 4.79 Å². The molecule has 3 nitrogen and oxygen atoms in total. The zero-order valence-electron chi connectivity index (χ0n) is 14.3. The second-order valence-corrected chi connectivity index (χ2v) is 7.78. The lowest BCUT2D eigenvalue weighted by atomic mass is 10.1. The first-order chi connectivity index (χ1) is 12.0. The molecule has 0 aliphatic carbocycles. The molecule has 25 heavy (non-hydrogen) atoms. The number of hydrogen-bond donors (Lipinski definition) is 0. The second kappa shape index (κ2) is 7.90. The number of rotatable bonds is 3. The predicted molar refractivity (Wildman–Crippen MR) is 108 cm³/mol. The fourth-order valence-corrected chi connectivity index (χ4v) is 3.84. The van der Waals surface area contributed by atoms with E-state index in [-0.39, 0.29) is 5.91 Å². The molecule has 0 N–H and O–H groups in total. The molecule has 1 heterocycles. The Morgan fingerprint density at radius 3 is 2.44 bits per heavy atom. The number of aryl methyl sites for hydroxylation is 1. The number of piperazine rings is 1. The largest absolute Gasteiger partial charge is 0.368 e. The van der Waals surface area contributed by atoms with Crippen molar-refractivity contribution < 1.29 is 4.79 Å². The van der Waals surface area contributed by atoms with E-state index in [0.717, 1.165) is 28.7 Å². The van der Waals surface area contributed by atoms with Crippen molar-refractivity contribution in [3.63, 3.8) is 0 Å². The summed E-state index contributed by atoms with van der Waals surface area (Å²) in [7, 11) is 0. The highest BCUT2D eigenvalue weighted by atomic mass is 35.5. The van der Waals surface area contributed by atoms with Gasteiger partial charge in [-0.15, -0.1) is 11.8 Å². The van der Waals surface area contributed by atoms with E-state index in [1.807, 2.05) is 41.5 Å². The topological polar surface area (TPSA) is 23.6 Å². The standard InChI is InChI=1S/C19H20Cl2N2OS/c1-13-3-4-14(20)11-18(13)22-7-9-23(10-8-22)19(24)16-12-15(25-2)5-6-17(16)21/h3-6,11-12H,7-10H2,1-2H3. The first kappa shape index (κ1) is 18.4. The van der Waals surface area contributed by atoms with Gasteiger partial charge in [0.25, 0.3) is 5.91 Å². The Morgan fingerprint density at radius 1 is 1.04 bits per heavy atom. The van der Waals surface area contributed by atoms with Gasteiger partial charge in [-0.05, 0) is 49.1 Å². The number of halogens is 2. The molecule has 1 fully saturated rings. The van der Waals surface area contributed by atoms with Crippen LogP contribution in [-0.2, 0) is 0 Å². The van der Waals surface area contributed by atoms with Gasteiger partial charge < -0.3 is 9.80 Å². The average Bonchev–Trinajstić information content (AvgIpc) is 2.64. The molecule has 2 aromatic rings. The van der Waals surface area contributed by atoms with Gasteiger partial charge in [0.1, 0.15) is 0 Å². The molecule has 3 rings (SSSR count). The number of nitrogens with zero attached hydrogens (tertiary/aromatic N) is 2. The molecule has 0 saturated carbocycles. The lowest BCUT2D eigenvalue weighted by Gasteiger charge is -2.37. The van der Waals surface area contributed by atoms with Crippen molar-refractivity contribution in [2.24, 2.45) is 0 Å². The fourth-order valence-electron chi connectivity index (χ4n) is 3.04. The van der Waals surface area contributed by atoms with Crippen LogP contribution in [0.25, 0.3) is 0 Å². The third-order valence-corrected chi connectivity index (χ3v) is 5.77. The minimum atomic E-state index is 0.00312. The Morgan fingerprint density at radius 2 is 1.76 bits per heavy atom. The molecule has 1 saturated heterocycles. The summed E-state index contributed by atoms with van der Waals surface area (Å²) in [5, 5.41) is 1.25. The summed E-state index contributed by atoms with van der Waals surface area (Å²) in [5.41, 5.74) is 2.92. The summed E-state index contributed by atoms with van der Waals surface area (Å²) in [5.74, 6) is 0.00312. The number of anilines is 1. The minimum absolute atomic E-state index is 0.00312. The normalized spacial score (nSPS) is 14.7. The van der Waals surface area contributed by atoms with E-state index in [9.17, 15) is 4.79 Å². The summed E-state index contributed by atoms with van der Waals surface area (Å²) in [6.07, 6.45) is 1.99. The maximum atomic E-state index is 12.8. The van der Waals surface area contributed by atoms with E-state index >= 15 is 0 Å². The molecule has 132 valence electrons. The third-order valence-electron chi connectivity index (χ3n) is 4.48. The van der Waals surface area contributed by atoms with Crippen LogP contribution in [0.1, 0.15) is 15.9 Å². The van der Waals surface area contributed by atoms with Gasteiger partial charge in [-0.1, -0.05) is 29.3 Å². The summed E-state index contributed by atoms with van der Waals surface area (Å²) in [4.78, 5) is 18.0. The number of hydrogen-bond acceptors (Lipinski definition) is 3.